The second-order valence-electron chi connectivity index (χ2n) is 12.6. The van der Waals surface area contributed by atoms with E-state index in [2.05, 4.69) is 16.0 Å². The highest BCUT2D eigenvalue weighted by Crippen LogP contribution is 2.12. The molecule has 0 aromatic heterocycles. The van der Waals surface area contributed by atoms with Crippen LogP contribution in [0.3, 0.4) is 0 Å². The van der Waals surface area contributed by atoms with Crippen molar-refractivity contribution in [3.05, 3.63) is 108 Å². The predicted molar refractivity (Wildman–Crippen MR) is 184 cm³/mol. The molecule has 3 aromatic rings. The summed E-state index contributed by atoms with van der Waals surface area (Å²) in [5, 5.41) is 8.69. The van der Waals surface area contributed by atoms with E-state index in [1.54, 1.807) is 0 Å². The summed E-state index contributed by atoms with van der Waals surface area (Å²) in [5.41, 5.74) is 2.72. The Labute approximate surface area is 283 Å². The first-order valence-electron chi connectivity index (χ1n) is 16.8. The number of carbonyl (C=O) groups excluding carboxylic acids is 4. The molecule has 1 heterocycles. The molecule has 10 nitrogen and oxygen atoms in total. The van der Waals surface area contributed by atoms with E-state index >= 15 is 0 Å². The number of rotatable bonds is 17. The number of amides is 3. The molecule has 256 valence electrons. The van der Waals surface area contributed by atoms with Crippen LogP contribution in [0, 0.1) is 5.92 Å². The smallest absolute Gasteiger partial charge is 0.329 e. The number of benzene rings is 3. The Morgan fingerprint density at radius 2 is 1.25 bits per heavy atom. The van der Waals surface area contributed by atoms with Crippen molar-refractivity contribution in [2.75, 3.05) is 32.8 Å². The molecule has 3 atom stereocenters. The third-order valence-electron chi connectivity index (χ3n) is 8.13. The minimum Gasteiger partial charge on any atom is -0.459 e. The van der Waals surface area contributed by atoms with Crippen LogP contribution in [0.2, 0.25) is 0 Å². The van der Waals surface area contributed by atoms with E-state index in [0.29, 0.717) is 45.6 Å². The van der Waals surface area contributed by atoms with E-state index < -0.39 is 35.9 Å². The standard InChI is InChI=1S/C38H48N4O6/c1-28(2)24-33(37(45)41-34(25-30-14-8-4-9-15-30)38(46)48-27-31-16-10-5-11-17-31)40-36(44)32(19-18-29-12-6-3-7-13-29)39-35(43)26-42-20-22-47-23-21-42/h3-17,28,32-34H,18-27H2,1-2H3,(H,39,43)(H,40,44)(H,41,45)/t32-,33-,34-/m1/s1. The largest absolute Gasteiger partial charge is 0.459 e. The van der Waals surface area contributed by atoms with Gasteiger partial charge in [-0.25, -0.2) is 4.79 Å². The molecular weight excluding hydrogens is 608 g/mol. The minimum atomic E-state index is -0.975. The molecule has 3 amide bonds. The fourth-order valence-electron chi connectivity index (χ4n) is 5.55. The summed E-state index contributed by atoms with van der Waals surface area (Å²) in [6.45, 7) is 6.54. The number of aryl methyl sites for hydroxylation is 1. The Balaban J connectivity index is 1.46. The van der Waals surface area contributed by atoms with Gasteiger partial charge in [0.15, 0.2) is 0 Å². The number of morpholine rings is 1. The van der Waals surface area contributed by atoms with E-state index in [1.807, 2.05) is 110 Å². The van der Waals surface area contributed by atoms with Crippen molar-refractivity contribution in [2.24, 2.45) is 5.92 Å². The molecule has 3 N–H and O–H groups in total. The lowest BCUT2D eigenvalue weighted by Gasteiger charge is -2.28. The van der Waals surface area contributed by atoms with Gasteiger partial charge in [0, 0.05) is 19.5 Å². The molecule has 1 saturated heterocycles. The zero-order chi connectivity index (χ0) is 34.1. The van der Waals surface area contributed by atoms with E-state index in [0.717, 1.165) is 16.7 Å². The molecule has 0 bridgehead atoms. The Morgan fingerprint density at radius 3 is 1.85 bits per heavy atom. The molecule has 0 radical (unpaired) electrons. The van der Waals surface area contributed by atoms with Gasteiger partial charge in [0.2, 0.25) is 17.7 Å². The second-order valence-corrected chi connectivity index (χ2v) is 12.6. The number of esters is 1. The van der Waals surface area contributed by atoms with Gasteiger partial charge in [-0.15, -0.1) is 0 Å². The van der Waals surface area contributed by atoms with Crippen molar-refractivity contribution in [3.8, 4) is 0 Å². The van der Waals surface area contributed by atoms with Gasteiger partial charge in [0.05, 0.1) is 19.8 Å². The van der Waals surface area contributed by atoms with Gasteiger partial charge in [-0.1, -0.05) is 105 Å². The Bertz CT molecular complexity index is 1430. The van der Waals surface area contributed by atoms with Gasteiger partial charge in [0.25, 0.3) is 0 Å². The van der Waals surface area contributed by atoms with Crippen LogP contribution in [0.5, 0.6) is 0 Å². The van der Waals surface area contributed by atoms with Gasteiger partial charge < -0.3 is 25.4 Å². The second kappa shape index (κ2) is 19.3. The normalized spacial score (nSPS) is 15.1. The number of hydrogen-bond donors (Lipinski definition) is 3. The number of nitrogens with one attached hydrogen (secondary N) is 3. The summed E-state index contributed by atoms with van der Waals surface area (Å²) in [6, 6.07) is 25.7. The molecule has 48 heavy (non-hydrogen) atoms. The molecule has 10 heteroatoms. The predicted octanol–water partition coefficient (Wildman–Crippen LogP) is 3.44. The maximum absolute atomic E-state index is 13.8. The van der Waals surface area contributed by atoms with E-state index in [1.165, 1.54) is 0 Å². The lowest BCUT2D eigenvalue weighted by Crippen LogP contribution is -2.57. The van der Waals surface area contributed by atoms with E-state index in [9.17, 15) is 19.2 Å². The van der Waals surface area contributed by atoms with Crippen molar-refractivity contribution < 1.29 is 28.7 Å². The maximum atomic E-state index is 13.8. The molecule has 3 aromatic carbocycles. The van der Waals surface area contributed by atoms with E-state index in [-0.39, 0.29) is 31.4 Å². The molecule has 1 aliphatic rings. The Morgan fingerprint density at radius 1 is 0.708 bits per heavy atom. The number of hydrogen-bond acceptors (Lipinski definition) is 7. The number of carbonyl (C=O) groups is 4. The SMILES string of the molecule is CC(C)C[C@@H](NC(=O)[C@@H](CCc1ccccc1)NC(=O)CN1CCOCC1)C(=O)N[C@H](Cc1ccccc1)C(=O)OCc1ccccc1. The molecule has 1 aliphatic heterocycles. The van der Waals surface area contributed by atoms with Gasteiger partial charge in [-0.05, 0) is 41.9 Å². The van der Waals surface area contributed by atoms with Crippen LogP contribution in [-0.2, 0) is 48.1 Å². The first-order chi connectivity index (χ1) is 23.3. The molecule has 0 spiro atoms. The van der Waals surface area contributed by atoms with Gasteiger partial charge in [-0.2, -0.15) is 0 Å². The van der Waals surface area contributed by atoms with Crippen LogP contribution in [0.1, 0.15) is 43.4 Å². The topological polar surface area (TPSA) is 126 Å². The maximum Gasteiger partial charge on any atom is 0.329 e. The van der Waals surface area contributed by atoms with E-state index in [4.69, 9.17) is 9.47 Å². The van der Waals surface area contributed by atoms with Crippen molar-refractivity contribution in [2.45, 2.75) is 64.3 Å². The molecule has 4 rings (SSSR count). The molecule has 0 aliphatic carbocycles. The summed E-state index contributed by atoms with van der Waals surface area (Å²) in [5.74, 6) is -1.72. The van der Waals surface area contributed by atoms with Crippen LogP contribution in [0.15, 0.2) is 91.0 Å². The molecule has 0 saturated carbocycles. The summed E-state index contributed by atoms with van der Waals surface area (Å²) >= 11 is 0. The van der Waals surface area contributed by atoms with Crippen molar-refractivity contribution >= 4 is 23.7 Å². The number of ether oxygens (including phenoxy) is 2. The highest BCUT2D eigenvalue weighted by atomic mass is 16.5. The van der Waals surface area contributed by atoms with Crippen LogP contribution in [-0.4, -0.2) is 79.6 Å². The van der Waals surface area contributed by atoms with Crippen LogP contribution in [0.25, 0.3) is 0 Å². The van der Waals surface area contributed by atoms with Crippen molar-refractivity contribution in [1.82, 2.24) is 20.9 Å². The van der Waals surface area contributed by atoms with Crippen molar-refractivity contribution in [3.63, 3.8) is 0 Å². The number of nitrogens with zero attached hydrogens (tertiary/aromatic N) is 1. The van der Waals surface area contributed by atoms with Crippen molar-refractivity contribution in [1.29, 1.82) is 0 Å². The first-order valence-corrected chi connectivity index (χ1v) is 16.8. The molecule has 1 fully saturated rings. The zero-order valence-electron chi connectivity index (χ0n) is 27.9. The third-order valence-corrected chi connectivity index (χ3v) is 8.13. The van der Waals surface area contributed by atoms with Crippen LogP contribution >= 0.6 is 0 Å². The molecular formula is C38H48N4O6. The van der Waals surface area contributed by atoms with Gasteiger partial charge >= 0.3 is 5.97 Å². The van der Waals surface area contributed by atoms with Crippen LogP contribution in [0.4, 0.5) is 0 Å². The summed E-state index contributed by atoms with van der Waals surface area (Å²) in [6.07, 6.45) is 1.47. The molecule has 0 unspecified atom stereocenters. The summed E-state index contributed by atoms with van der Waals surface area (Å²) in [7, 11) is 0. The first kappa shape index (κ1) is 36.3. The monoisotopic (exact) mass is 656 g/mol. The third kappa shape index (κ3) is 12.6. The average molecular weight is 657 g/mol. The Kier molecular flexibility index (Phi) is 14.6. The van der Waals surface area contributed by atoms with Gasteiger partial charge in [0.1, 0.15) is 24.7 Å². The summed E-state index contributed by atoms with van der Waals surface area (Å²) in [4.78, 5) is 56.1. The highest BCUT2D eigenvalue weighted by Gasteiger charge is 2.31. The lowest BCUT2D eigenvalue weighted by atomic mass is 10.00. The lowest BCUT2D eigenvalue weighted by molar-refractivity contribution is -0.149. The fraction of sp³-hybridized carbons (Fsp3) is 0.421. The Hall–Kier alpha value is -4.54. The van der Waals surface area contributed by atoms with Gasteiger partial charge in [-0.3, -0.25) is 19.3 Å². The quantitative estimate of drug-likeness (QED) is 0.190. The average Bonchev–Trinajstić information content (AvgIpc) is 3.10. The fourth-order valence-corrected chi connectivity index (χ4v) is 5.55. The highest BCUT2D eigenvalue weighted by molar-refractivity contribution is 5.93. The zero-order valence-corrected chi connectivity index (χ0v) is 27.9. The van der Waals surface area contributed by atoms with Crippen LogP contribution < -0.4 is 16.0 Å². The minimum absolute atomic E-state index is 0.0531. The summed E-state index contributed by atoms with van der Waals surface area (Å²) < 4.78 is 11.0.